The minimum absolute atomic E-state index is 0.0759. The molecule has 0 aliphatic rings. The Morgan fingerprint density at radius 3 is 2.22 bits per heavy atom. The second-order valence-corrected chi connectivity index (χ2v) is 6.71. The van der Waals surface area contributed by atoms with Crippen molar-refractivity contribution in [3.8, 4) is 0 Å². The lowest BCUT2D eigenvalue weighted by Gasteiger charge is -2.24. The number of nitrogens with one attached hydrogen (secondary N) is 1. The first kappa shape index (κ1) is 17.9. The molecule has 0 aromatic carbocycles. The van der Waals surface area contributed by atoms with E-state index in [0.29, 0.717) is 6.10 Å². The van der Waals surface area contributed by atoms with Crippen LogP contribution in [0, 0.1) is 0 Å². The normalized spacial score (nSPS) is 14.8. The van der Waals surface area contributed by atoms with Gasteiger partial charge in [-0.25, -0.2) is 0 Å². The maximum absolute atomic E-state index is 5.80. The zero-order valence-corrected chi connectivity index (χ0v) is 13.4. The largest absolute Gasteiger partial charge is 0.379 e. The average molecular weight is 259 g/mol. The van der Waals surface area contributed by atoms with Gasteiger partial charge < -0.3 is 14.8 Å². The minimum Gasteiger partial charge on any atom is -0.379 e. The summed E-state index contributed by atoms with van der Waals surface area (Å²) in [5.74, 6) is 0. The summed E-state index contributed by atoms with van der Waals surface area (Å²) >= 11 is 0. The molecule has 0 saturated carbocycles. The molecule has 0 aromatic heterocycles. The van der Waals surface area contributed by atoms with Gasteiger partial charge in [-0.15, -0.1) is 0 Å². The molecule has 3 heteroatoms. The first-order valence-electron chi connectivity index (χ1n) is 7.08. The van der Waals surface area contributed by atoms with Crippen LogP contribution in [-0.2, 0) is 9.47 Å². The Morgan fingerprint density at radius 1 is 1.11 bits per heavy atom. The van der Waals surface area contributed by atoms with Crippen LogP contribution in [0.25, 0.3) is 0 Å². The molecule has 110 valence electrons. The second-order valence-electron chi connectivity index (χ2n) is 6.71. The fourth-order valence-electron chi connectivity index (χ4n) is 1.54. The molecule has 1 N–H and O–H groups in total. The topological polar surface area (TPSA) is 30.5 Å². The molecule has 0 bridgehead atoms. The minimum atomic E-state index is -0.0759. The molecule has 1 atom stereocenters. The highest BCUT2D eigenvalue weighted by atomic mass is 16.5. The summed E-state index contributed by atoms with van der Waals surface area (Å²) in [7, 11) is 1.75. The monoisotopic (exact) mass is 259 g/mol. The molecule has 0 aliphatic carbocycles. The van der Waals surface area contributed by atoms with E-state index in [1.165, 1.54) is 0 Å². The SMILES string of the molecule is COC(C)(C)CCOC(C)CCCNC(C)(C)C. The Hall–Kier alpha value is -0.120. The van der Waals surface area contributed by atoms with Crippen molar-refractivity contribution in [2.75, 3.05) is 20.3 Å². The molecule has 0 fully saturated rings. The standard InChI is InChI=1S/C15H33NO2/c1-13(9-8-11-16-14(2,3)4)18-12-10-15(5,6)17-7/h13,16H,8-12H2,1-7H3. The molecule has 0 radical (unpaired) electrons. The van der Waals surface area contributed by atoms with E-state index in [4.69, 9.17) is 9.47 Å². The first-order valence-corrected chi connectivity index (χ1v) is 7.08. The van der Waals surface area contributed by atoms with Gasteiger partial charge in [-0.1, -0.05) is 0 Å². The Morgan fingerprint density at radius 2 is 1.72 bits per heavy atom. The third-order valence-corrected chi connectivity index (χ3v) is 3.10. The molecule has 0 rings (SSSR count). The number of rotatable bonds is 9. The van der Waals surface area contributed by atoms with Crippen LogP contribution in [0.15, 0.2) is 0 Å². The third kappa shape index (κ3) is 11.0. The maximum atomic E-state index is 5.80. The molecule has 18 heavy (non-hydrogen) atoms. The molecule has 1 unspecified atom stereocenters. The van der Waals surface area contributed by atoms with Crippen molar-refractivity contribution in [1.82, 2.24) is 5.32 Å². The van der Waals surface area contributed by atoms with Crippen LogP contribution >= 0.6 is 0 Å². The first-order chi connectivity index (χ1) is 8.16. The van der Waals surface area contributed by atoms with Gasteiger partial charge in [-0.05, 0) is 67.3 Å². The molecule has 0 amide bonds. The van der Waals surface area contributed by atoms with Crippen molar-refractivity contribution in [1.29, 1.82) is 0 Å². The van der Waals surface area contributed by atoms with E-state index in [9.17, 15) is 0 Å². The summed E-state index contributed by atoms with van der Waals surface area (Å²) in [6, 6.07) is 0. The lowest BCUT2D eigenvalue weighted by Crippen LogP contribution is -2.36. The van der Waals surface area contributed by atoms with Gasteiger partial charge in [0.1, 0.15) is 0 Å². The lowest BCUT2D eigenvalue weighted by atomic mass is 10.1. The van der Waals surface area contributed by atoms with Gasteiger partial charge in [-0.3, -0.25) is 0 Å². The predicted octanol–water partition coefficient (Wildman–Crippen LogP) is 3.37. The van der Waals surface area contributed by atoms with E-state index < -0.39 is 0 Å². The van der Waals surface area contributed by atoms with Gasteiger partial charge in [0, 0.05) is 19.3 Å². The van der Waals surface area contributed by atoms with Crippen LogP contribution in [-0.4, -0.2) is 37.5 Å². The zero-order valence-electron chi connectivity index (χ0n) is 13.4. The highest BCUT2D eigenvalue weighted by molar-refractivity contribution is 4.70. The lowest BCUT2D eigenvalue weighted by molar-refractivity contribution is -0.0249. The van der Waals surface area contributed by atoms with Crippen molar-refractivity contribution in [2.24, 2.45) is 0 Å². The number of hydrogen-bond donors (Lipinski definition) is 1. The van der Waals surface area contributed by atoms with E-state index in [-0.39, 0.29) is 11.1 Å². The smallest absolute Gasteiger partial charge is 0.0644 e. The summed E-state index contributed by atoms with van der Waals surface area (Å²) in [6.45, 7) is 14.7. The molecule has 0 saturated heterocycles. The van der Waals surface area contributed by atoms with Gasteiger partial charge in [0.05, 0.1) is 11.7 Å². The Labute approximate surface area is 114 Å². The Bertz CT molecular complexity index is 209. The summed E-state index contributed by atoms with van der Waals surface area (Å²) < 4.78 is 11.2. The van der Waals surface area contributed by atoms with Gasteiger partial charge in [0.25, 0.3) is 0 Å². The van der Waals surface area contributed by atoms with E-state index in [1.54, 1.807) is 7.11 Å². The van der Waals surface area contributed by atoms with Crippen LogP contribution in [0.4, 0.5) is 0 Å². The molecule has 0 aromatic rings. The second kappa shape index (κ2) is 8.13. The van der Waals surface area contributed by atoms with Crippen LogP contribution in [0.2, 0.25) is 0 Å². The number of ether oxygens (including phenoxy) is 2. The highest BCUT2D eigenvalue weighted by Gasteiger charge is 2.16. The van der Waals surface area contributed by atoms with Crippen molar-refractivity contribution in [2.45, 2.75) is 78.0 Å². The molecular formula is C15H33NO2. The molecule has 3 nitrogen and oxygen atoms in total. The highest BCUT2D eigenvalue weighted by Crippen LogP contribution is 2.13. The van der Waals surface area contributed by atoms with Gasteiger partial charge >= 0.3 is 0 Å². The fourth-order valence-corrected chi connectivity index (χ4v) is 1.54. The summed E-state index contributed by atoms with van der Waals surface area (Å²) in [5, 5.41) is 3.49. The quantitative estimate of drug-likeness (QED) is 0.644. The van der Waals surface area contributed by atoms with Crippen LogP contribution in [0.5, 0.6) is 0 Å². The number of hydrogen-bond acceptors (Lipinski definition) is 3. The predicted molar refractivity (Wildman–Crippen MR) is 78.1 cm³/mol. The maximum Gasteiger partial charge on any atom is 0.0644 e. The van der Waals surface area contributed by atoms with Crippen molar-refractivity contribution in [3.05, 3.63) is 0 Å². The van der Waals surface area contributed by atoms with Crippen LogP contribution in [0.3, 0.4) is 0 Å². The Balaban J connectivity index is 3.52. The van der Waals surface area contributed by atoms with E-state index in [0.717, 1.165) is 32.4 Å². The number of methoxy groups -OCH3 is 1. The summed E-state index contributed by atoms with van der Waals surface area (Å²) in [6.07, 6.45) is 3.54. The molecular weight excluding hydrogens is 226 g/mol. The van der Waals surface area contributed by atoms with Crippen molar-refractivity contribution in [3.63, 3.8) is 0 Å². The fraction of sp³-hybridized carbons (Fsp3) is 1.00. The van der Waals surface area contributed by atoms with Crippen LogP contribution in [0.1, 0.15) is 60.8 Å². The zero-order chi connectivity index (χ0) is 14.2. The van der Waals surface area contributed by atoms with Crippen LogP contribution < -0.4 is 5.32 Å². The van der Waals surface area contributed by atoms with Gasteiger partial charge in [0.15, 0.2) is 0 Å². The van der Waals surface area contributed by atoms with Gasteiger partial charge in [-0.2, -0.15) is 0 Å². The molecule has 0 spiro atoms. The summed E-state index contributed by atoms with van der Waals surface area (Å²) in [5.41, 5.74) is 0.139. The van der Waals surface area contributed by atoms with Gasteiger partial charge in [0.2, 0.25) is 0 Å². The molecule has 0 aliphatic heterocycles. The van der Waals surface area contributed by atoms with E-state index >= 15 is 0 Å². The van der Waals surface area contributed by atoms with Crippen molar-refractivity contribution < 1.29 is 9.47 Å². The van der Waals surface area contributed by atoms with E-state index in [2.05, 4.69) is 46.9 Å². The molecule has 0 heterocycles. The third-order valence-electron chi connectivity index (χ3n) is 3.10. The Kier molecular flexibility index (Phi) is 8.08. The summed E-state index contributed by atoms with van der Waals surface area (Å²) in [4.78, 5) is 0. The van der Waals surface area contributed by atoms with E-state index in [1.807, 2.05) is 0 Å². The van der Waals surface area contributed by atoms with Crippen molar-refractivity contribution >= 4 is 0 Å². The average Bonchev–Trinajstić information content (AvgIpc) is 2.23.